The van der Waals surface area contributed by atoms with Crippen molar-refractivity contribution in [3.05, 3.63) is 113 Å². The third-order valence-electron chi connectivity index (χ3n) is 4.16. The predicted molar refractivity (Wildman–Crippen MR) is 136 cm³/mol. The van der Waals surface area contributed by atoms with Gasteiger partial charge in [-0.1, -0.05) is 89.6 Å². The molecule has 0 amide bonds. The second-order valence-corrected chi connectivity index (χ2v) is 12.8. The molecule has 0 N–H and O–H groups in total. The molecule has 0 aromatic heterocycles. The van der Waals surface area contributed by atoms with Crippen LogP contribution in [0.3, 0.4) is 0 Å². The van der Waals surface area contributed by atoms with E-state index in [0.29, 0.717) is 0 Å². The van der Waals surface area contributed by atoms with Crippen LogP contribution in [-0.2, 0) is 10.9 Å². The molecule has 0 heterocycles. The van der Waals surface area contributed by atoms with Gasteiger partial charge in [-0.15, -0.1) is 0 Å². The Morgan fingerprint density at radius 2 is 0.943 bits per heavy atom. The molecule has 186 valence electrons. The van der Waals surface area contributed by atoms with Gasteiger partial charge in [0, 0.05) is 4.90 Å². The number of rotatable bonds is 5. The van der Waals surface area contributed by atoms with Crippen molar-refractivity contribution < 1.29 is 25.2 Å². The van der Waals surface area contributed by atoms with Crippen molar-refractivity contribution in [2.24, 2.45) is 0 Å². The molecule has 0 saturated carbocycles. The van der Waals surface area contributed by atoms with Crippen LogP contribution in [0.2, 0.25) is 10.0 Å². The third-order valence-corrected chi connectivity index (χ3v) is 8.66. The first-order valence-electron chi connectivity index (χ1n) is 9.81. The molecule has 0 radical (unpaired) electrons. The Hall–Kier alpha value is -1.83. The van der Waals surface area contributed by atoms with Crippen molar-refractivity contribution in [2.45, 2.75) is 24.5 Å². The molecule has 35 heavy (non-hydrogen) atoms. The SMILES string of the molecule is Clc1ccccc1Sc1ccccc1[S+](c1ccccc1)c1ccccc1Cl.F[P-](F)(F)(F)(F)F. The summed E-state index contributed by atoms with van der Waals surface area (Å²) in [7, 11) is -11.0. The Morgan fingerprint density at radius 3 is 1.49 bits per heavy atom. The van der Waals surface area contributed by atoms with Gasteiger partial charge in [0.15, 0.2) is 14.7 Å². The van der Waals surface area contributed by atoms with Crippen LogP contribution < -0.4 is 0 Å². The minimum absolute atomic E-state index is 0.314. The zero-order valence-corrected chi connectivity index (χ0v) is 21.6. The van der Waals surface area contributed by atoms with Gasteiger partial charge in [0.05, 0.1) is 14.9 Å². The molecule has 0 spiro atoms. The van der Waals surface area contributed by atoms with E-state index in [1.54, 1.807) is 11.8 Å². The molecule has 0 fully saturated rings. The zero-order chi connectivity index (χ0) is 25.8. The molecular formula is C24H17Cl2F6PS2. The summed E-state index contributed by atoms with van der Waals surface area (Å²) in [4.78, 5) is 5.84. The predicted octanol–water partition coefficient (Wildman–Crippen LogP) is 11.6. The first-order chi connectivity index (χ1) is 16.2. The summed E-state index contributed by atoms with van der Waals surface area (Å²) in [5.74, 6) is 0. The van der Waals surface area contributed by atoms with Crippen molar-refractivity contribution in [1.82, 2.24) is 0 Å². The monoisotopic (exact) mass is 584 g/mol. The second-order valence-electron chi connectivity index (χ2n) is 6.99. The number of halogens is 8. The van der Waals surface area contributed by atoms with Crippen LogP contribution in [0, 0.1) is 0 Å². The first kappa shape index (κ1) is 27.8. The average Bonchev–Trinajstić information content (AvgIpc) is 2.77. The molecule has 0 nitrogen and oxygen atoms in total. The van der Waals surface area contributed by atoms with E-state index in [1.807, 2.05) is 42.5 Å². The molecule has 0 saturated heterocycles. The van der Waals surface area contributed by atoms with Crippen molar-refractivity contribution in [1.29, 1.82) is 0 Å². The fourth-order valence-electron chi connectivity index (χ4n) is 2.89. The van der Waals surface area contributed by atoms with E-state index >= 15 is 0 Å². The fraction of sp³-hybridized carbons (Fsp3) is 0. The Kier molecular flexibility index (Phi) is 8.14. The Labute approximate surface area is 215 Å². The Balaban J connectivity index is 0.000000429. The van der Waals surface area contributed by atoms with E-state index in [1.165, 1.54) is 14.7 Å². The molecular weight excluding hydrogens is 568 g/mol. The van der Waals surface area contributed by atoms with Crippen LogP contribution in [0.4, 0.5) is 25.2 Å². The van der Waals surface area contributed by atoms with Gasteiger partial charge >= 0.3 is 33.0 Å². The average molecular weight is 585 g/mol. The Bertz CT molecular complexity index is 1290. The van der Waals surface area contributed by atoms with Crippen molar-refractivity contribution in [3.63, 3.8) is 0 Å². The minimum atomic E-state index is -10.7. The number of hydrogen-bond donors (Lipinski definition) is 0. The Morgan fingerprint density at radius 1 is 0.514 bits per heavy atom. The molecule has 0 aliphatic heterocycles. The van der Waals surface area contributed by atoms with E-state index < -0.39 is 7.81 Å². The van der Waals surface area contributed by atoms with Gasteiger partial charge in [0.2, 0.25) is 0 Å². The molecule has 4 rings (SSSR count). The fourth-order valence-corrected chi connectivity index (χ4v) is 6.88. The van der Waals surface area contributed by atoms with Crippen LogP contribution >= 0.6 is 42.8 Å². The van der Waals surface area contributed by atoms with Crippen molar-refractivity contribution in [3.8, 4) is 0 Å². The molecule has 0 aliphatic carbocycles. The van der Waals surface area contributed by atoms with Gasteiger partial charge in [-0.2, -0.15) is 0 Å². The van der Waals surface area contributed by atoms with Gasteiger partial charge in [-0.25, -0.2) is 0 Å². The standard InChI is InChI=1S/C24H17Cl2S2.F6P/c25-19-12-4-6-14-21(19)27-22-15-7-9-17-24(22)28(18-10-2-1-3-11-18)23-16-8-5-13-20(23)26;1-7(2,3,4,5)6/h1-17H;/q+1;-1. The van der Waals surface area contributed by atoms with Gasteiger partial charge in [-0.3, -0.25) is 0 Å². The van der Waals surface area contributed by atoms with E-state index in [-0.39, 0.29) is 10.9 Å². The number of benzene rings is 4. The van der Waals surface area contributed by atoms with Crippen molar-refractivity contribution in [2.75, 3.05) is 0 Å². The molecule has 4 aromatic rings. The van der Waals surface area contributed by atoms with Crippen LogP contribution in [0.15, 0.2) is 128 Å². The van der Waals surface area contributed by atoms with Gasteiger partial charge in [0.25, 0.3) is 0 Å². The summed E-state index contributed by atoms with van der Waals surface area (Å²) in [6.45, 7) is 0. The topological polar surface area (TPSA) is 0 Å². The first-order valence-corrected chi connectivity index (χ1v) is 14.6. The summed E-state index contributed by atoms with van der Waals surface area (Å²) in [6, 6.07) is 35.1. The van der Waals surface area contributed by atoms with E-state index in [2.05, 4.69) is 60.7 Å². The van der Waals surface area contributed by atoms with Crippen LogP contribution in [0.5, 0.6) is 0 Å². The van der Waals surface area contributed by atoms with E-state index in [9.17, 15) is 25.2 Å². The molecule has 1 unspecified atom stereocenters. The maximum absolute atomic E-state index is 10.7. The van der Waals surface area contributed by atoms with Gasteiger partial charge in [0.1, 0.15) is 10.9 Å². The summed E-state index contributed by atoms with van der Waals surface area (Å²) in [5, 5.41) is 1.55. The zero-order valence-electron chi connectivity index (χ0n) is 17.6. The molecule has 4 aromatic carbocycles. The maximum atomic E-state index is 9.87. The summed E-state index contributed by atoms with van der Waals surface area (Å²) in [6.07, 6.45) is 0. The molecule has 11 heteroatoms. The van der Waals surface area contributed by atoms with E-state index in [4.69, 9.17) is 23.2 Å². The summed E-state index contributed by atoms with van der Waals surface area (Å²) in [5.41, 5.74) is 0. The van der Waals surface area contributed by atoms with Crippen molar-refractivity contribution >= 4 is 53.7 Å². The third kappa shape index (κ3) is 9.62. The quantitative estimate of drug-likeness (QED) is 0.128. The normalized spacial score (nSPS) is 14.2. The molecule has 1 atom stereocenters. The number of hydrogen-bond acceptors (Lipinski definition) is 1. The van der Waals surface area contributed by atoms with Crippen LogP contribution in [-0.4, -0.2) is 0 Å². The van der Waals surface area contributed by atoms with E-state index in [0.717, 1.165) is 19.8 Å². The summed E-state index contributed by atoms with van der Waals surface area (Å²) < 4.78 is 59.2. The second kappa shape index (κ2) is 10.3. The van der Waals surface area contributed by atoms with Crippen LogP contribution in [0.25, 0.3) is 0 Å². The van der Waals surface area contributed by atoms with Crippen LogP contribution in [0.1, 0.15) is 0 Å². The molecule has 0 aliphatic rings. The van der Waals surface area contributed by atoms with Gasteiger partial charge < -0.3 is 0 Å². The summed E-state index contributed by atoms with van der Waals surface area (Å²) >= 11 is 14.8. The molecule has 0 bridgehead atoms. The van der Waals surface area contributed by atoms with Gasteiger partial charge in [-0.05, 0) is 48.5 Å².